The number of carbonyl (C=O) groups excluding carboxylic acids is 1. The molecule has 1 aliphatic heterocycles. The fourth-order valence-electron chi connectivity index (χ4n) is 3.73. The molecule has 1 fully saturated rings. The lowest BCUT2D eigenvalue weighted by Gasteiger charge is -2.33. The Labute approximate surface area is 201 Å². The minimum Gasteiger partial charge on any atom is -0.374 e. The summed E-state index contributed by atoms with van der Waals surface area (Å²) >= 11 is 1.05. The van der Waals surface area contributed by atoms with Crippen molar-refractivity contribution >= 4 is 23.4 Å². The van der Waals surface area contributed by atoms with Crippen LogP contribution in [0.1, 0.15) is 15.9 Å². The first-order chi connectivity index (χ1) is 16.5. The minimum absolute atomic E-state index is 0.124. The maximum atomic E-state index is 14.1. The Morgan fingerprint density at radius 1 is 1.12 bits per heavy atom. The van der Waals surface area contributed by atoms with E-state index >= 15 is 0 Å². The van der Waals surface area contributed by atoms with Crippen LogP contribution in [0.5, 0.6) is 0 Å². The number of non-ortho nitro benzene ring substituents is 1. The molecule has 0 saturated carbocycles. The van der Waals surface area contributed by atoms with E-state index in [1.807, 2.05) is 18.2 Å². The molecule has 7 nitrogen and oxygen atoms in total. The second-order valence-corrected chi connectivity index (χ2v) is 8.98. The first-order valence-corrected chi connectivity index (χ1v) is 11.7. The highest BCUT2D eigenvalue weighted by Crippen LogP contribution is 2.34. The number of halogens is 1. The average Bonchev–Trinajstić information content (AvgIpc) is 2.85. The van der Waals surface area contributed by atoms with Crippen molar-refractivity contribution in [1.82, 2.24) is 10.2 Å². The highest BCUT2D eigenvalue weighted by Gasteiger charge is 2.23. The van der Waals surface area contributed by atoms with Crippen molar-refractivity contribution < 1.29 is 18.8 Å². The van der Waals surface area contributed by atoms with Gasteiger partial charge in [0.15, 0.2) is 0 Å². The van der Waals surface area contributed by atoms with E-state index in [1.165, 1.54) is 29.8 Å². The van der Waals surface area contributed by atoms with Gasteiger partial charge in [0, 0.05) is 48.1 Å². The van der Waals surface area contributed by atoms with Crippen LogP contribution in [0.15, 0.2) is 82.6 Å². The van der Waals surface area contributed by atoms with Crippen molar-refractivity contribution in [3.8, 4) is 0 Å². The van der Waals surface area contributed by atoms with Gasteiger partial charge in [-0.2, -0.15) is 0 Å². The molecular weight excluding hydrogens is 457 g/mol. The van der Waals surface area contributed by atoms with Gasteiger partial charge >= 0.3 is 0 Å². The predicted octanol–water partition coefficient (Wildman–Crippen LogP) is 4.52. The van der Waals surface area contributed by atoms with E-state index in [-0.39, 0.29) is 23.9 Å². The molecule has 1 N–H and O–H groups in total. The number of ether oxygens (including phenoxy) is 1. The van der Waals surface area contributed by atoms with Gasteiger partial charge in [-0.3, -0.25) is 19.8 Å². The van der Waals surface area contributed by atoms with E-state index in [0.717, 1.165) is 24.9 Å². The number of morpholine rings is 1. The molecule has 1 atom stereocenters. The van der Waals surface area contributed by atoms with Gasteiger partial charge < -0.3 is 10.1 Å². The maximum absolute atomic E-state index is 14.1. The van der Waals surface area contributed by atoms with E-state index in [1.54, 1.807) is 18.2 Å². The number of nitro benzene ring substituents is 1. The third-order valence-electron chi connectivity index (χ3n) is 5.44. The smallest absolute Gasteiger partial charge is 0.270 e. The second-order valence-electron chi connectivity index (χ2n) is 7.89. The molecule has 1 heterocycles. The van der Waals surface area contributed by atoms with Gasteiger partial charge in [-0.1, -0.05) is 54.2 Å². The number of nitro groups is 1. The van der Waals surface area contributed by atoms with Crippen LogP contribution in [0.4, 0.5) is 10.1 Å². The van der Waals surface area contributed by atoms with Crippen LogP contribution in [0.3, 0.4) is 0 Å². The molecule has 0 spiro atoms. The number of nitrogens with zero attached hydrogens (tertiary/aromatic N) is 2. The summed E-state index contributed by atoms with van der Waals surface area (Å²) in [5.74, 6) is -0.891. The zero-order valence-corrected chi connectivity index (χ0v) is 19.2. The Kier molecular flexibility index (Phi) is 7.89. The zero-order chi connectivity index (χ0) is 23.9. The molecule has 1 saturated heterocycles. The predicted molar refractivity (Wildman–Crippen MR) is 127 cm³/mol. The van der Waals surface area contributed by atoms with Crippen molar-refractivity contribution in [3.05, 3.63) is 99.9 Å². The van der Waals surface area contributed by atoms with Gasteiger partial charge in [0.25, 0.3) is 11.6 Å². The van der Waals surface area contributed by atoms with Crippen molar-refractivity contribution in [2.24, 2.45) is 0 Å². The highest BCUT2D eigenvalue weighted by molar-refractivity contribution is 7.99. The first-order valence-electron chi connectivity index (χ1n) is 10.9. The summed E-state index contributed by atoms with van der Waals surface area (Å²) in [5.41, 5.74) is 1.13. The van der Waals surface area contributed by atoms with Crippen LogP contribution >= 0.6 is 11.8 Å². The number of carbonyl (C=O) groups is 1. The molecule has 0 aliphatic carbocycles. The minimum atomic E-state index is -0.556. The molecular formula is C25H24FN3O4S. The first kappa shape index (κ1) is 23.9. The summed E-state index contributed by atoms with van der Waals surface area (Å²) in [7, 11) is 0. The number of nitrogens with one attached hydrogen (secondary N) is 1. The van der Waals surface area contributed by atoms with Crippen molar-refractivity contribution in [1.29, 1.82) is 0 Å². The molecule has 0 radical (unpaired) electrons. The average molecular weight is 482 g/mol. The Balaban J connectivity index is 1.43. The van der Waals surface area contributed by atoms with Crippen LogP contribution < -0.4 is 5.32 Å². The molecule has 1 aliphatic rings. The van der Waals surface area contributed by atoms with Crippen molar-refractivity contribution in [2.45, 2.75) is 22.4 Å². The summed E-state index contributed by atoms with van der Waals surface area (Å²) in [5, 5.41) is 14.1. The Morgan fingerprint density at radius 3 is 2.65 bits per heavy atom. The molecule has 0 bridgehead atoms. The van der Waals surface area contributed by atoms with Crippen LogP contribution in [-0.4, -0.2) is 48.1 Å². The van der Waals surface area contributed by atoms with E-state index in [9.17, 15) is 19.3 Å². The van der Waals surface area contributed by atoms with Gasteiger partial charge in [0.2, 0.25) is 0 Å². The van der Waals surface area contributed by atoms with Crippen LogP contribution in [0, 0.1) is 15.9 Å². The van der Waals surface area contributed by atoms with Gasteiger partial charge in [-0.15, -0.1) is 0 Å². The molecule has 176 valence electrons. The number of rotatable bonds is 8. The largest absolute Gasteiger partial charge is 0.374 e. The Bertz CT molecular complexity index is 1160. The summed E-state index contributed by atoms with van der Waals surface area (Å²) in [4.78, 5) is 26.8. The fraction of sp³-hybridized carbons (Fsp3) is 0.240. The zero-order valence-electron chi connectivity index (χ0n) is 18.4. The summed E-state index contributed by atoms with van der Waals surface area (Å²) in [6.45, 7) is 3.06. The molecule has 9 heteroatoms. The lowest BCUT2D eigenvalue weighted by molar-refractivity contribution is -0.384. The molecule has 3 aromatic carbocycles. The lowest BCUT2D eigenvalue weighted by atomic mass is 10.1. The quantitative estimate of drug-likeness (QED) is 0.376. The van der Waals surface area contributed by atoms with Crippen molar-refractivity contribution in [3.63, 3.8) is 0 Å². The van der Waals surface area contributed by atoms with Crippen LogP contribution in [-0.2, 0) is 11.3 Å². The van der Waals surface area contributed by atoms with E-state index in [4.69, 9.17) is 4.74 Å². The Hall–Kier alpha value is -3.27. The van der Waals surface area contributed by atoms with Crippen LogP contribution in [0.25, 0.3) is 0 Å². The van der Waals surface area contributed by atoms with Crippen molar-refractivity contribution in [2.75, 3.05) is 26.2 Å². The number of benzene rings is 3. The standard InChI is InChI=1S/C25H24FN3O4S/c26-22-8-4-5-9-24(22)34-23-11-10-19(29(31)32)14-21(23)25(30)27-15-20-17-28(12-13-33-20)16-18-6-2-1-3-7-18/h1-11,14,20H,12-13,15-17H2,(H,27,30). The summed E-state index contributed by atoms with van der Waals surface area (Å²) < 4.78 is 20.0. The van der Waals surface area contributed by atoms with Gasteiger partial charge in [0.1, 0.15) is 5.82 Å². The van der Waals surface area contributed by atoms with E-state index in [0.29, 0.717) is 22.9 Å². The monoisotopic (exact) mass is 481 g/mol. The normalized spacial score (nSPS) is 16.2. The number of hydrogen-bond donors (Lipinski definition) is 1. The summed E-state index contributed by atoms with van der Waals surface area (Å²) in [6, 6.07) is 20.3. The van der Waals surface area contributed by atoms with Gasteiger partial charge in [-0.25, -0.2) is 4.39 Å². The maximum Gasteiger partial charge on any atom is 0.270 e. The lowest BCUT2D eigenvalue weighted by Crippen LogP contribution is -2.47. The van der Waals surface area contributed by atoms with Gasteiger partial charge in [-0.05, 0) is 23.8 Å². The fourth-order valence-corrected chi connectivity index (χ4v) is 4.68. The number of amides is 1. The molecule has 34 heavy (non-hydrogen) atoms. The van der Waals surface area contributed by atoms with Crippen LogP contribution in [0.2, 0.25) is 0 Å². The van der Waals surface area contributed by atoms with Gasteiger partial charge in [0.05, 0.1) is 23.2 Å². The molecule has 0 aromatic heterocycles. The molecule has 3 aromatic rings. The molecule has 1 amide bonds. The second kappa shape index (κ2) is 11.2. The molecule has 1 unspecified atom stereocenters. The third-order valence-corrected chi connectivity index (χ3v) is 6.56. The SMILES string of the molecule is O=C(NCC1CN(Cc2ccccc2)CCO1)c1cc([N+](=O)[O-])ccc1Sc1ccccc1F. The third kappa shape index (κ3) is 6.19. The van der Waals surface area contributed by atoms with E-state index in [2.05, 4.69) is 22.3 Å². The highest BCUT2D eigenvalue weighted by atomic mass is 32.2. The van der Waals surface area contributed by atoms with E-state index < -0.39 is 16.6 Å². The number of hydrogen-bond acceptors (Lipinski definition) is 6. The summed E-state index contributed by atoms with van der Waals surface area (Å²) in [6.07, 6.45) is -0.206. The topological polar surface area (TPSA) is 84.7 Å². The molecule has 4 rings (SSSR count). The Morgan fingerprint density at radius 2 is 1.88 bits per heavy atom.